The zero-order chi connectivity index (χ0) is 23.6. The van der Waals surface area contributed by atoms with Gasteiger partial charge in [0.2, 0.25) is 10.0 Å². The number of hydrogen-bond acceptors (Lipinski definition) is 4. The van der Waals surface area contributed by atoms with Crippen molar-refractivity contribution < 1.29 is 18.0 Å². The Morgan fingerprint density at radius 1 is 1.06 bits per heavy atom. The second-order valence-electron chi connectivity index (χ2n) is 8.70. The fourth-order valence-corrected chi connectivity index (χ4v) is 5.72. The third-order valence-electron chi connectivity index (χ3n) is 6.07. The molecule has 1 aliphatic heterocycles. The van der Waals surface area contributed by atoms with E-state index >= 15 is 0 Å². The number of nitrogens with one attached hydrogen (secondary N) is 1. The van der Waals surface area contributed by atoms with Crippen LogP contribution in [0.1, 0.15) is 77.7 Å². The summed E-state index contributed by atoms with van der Waals surface area (Å²) in [5.41, 5.74) is 3.61. The normalized spacial score (nSPS) is 15.4. The maximum absolute atomic E-state index is 13.2. The first-order chi connectivity index (χ1) is 15.1. The van der Waals surface area contributed by atoms with Gasteiger partial charge in [-0.3, -0.25) is 9.59 Å². The van der Waals surface area contributed by atoms with Gasteiger partial charge in [0.05, 0.1) is 4.90 Å². The smallest absolute Gasteiger partial charge is 0.270 e. The van der Waals surface area contributed by atoms with Crippen LogP contribution in [0, 0.1) is 6.92 Å². The van der Waals surface area contributed by atoms with Gasteiger partial charge in [0.25, 0.3) is 5.91 Å². The number of aromatic nitrogens is 1. The van der Waals surface area contributed by atoms with Crippen LogP contribution < -0.4 is 0 Å². The highest BCUT2D eigenvalue weighted by Gasteiger charge is 2.32. The minimum atomic E-state index is -3.61. The highest BCUT2D eigenvalue weighted by atomic mass is 32.2. The summed E-state index contributed by atoms with van der Waals surface area (Å²) in [5.74, 6) is 0.0992. The quantitative estimate of drug-likeness (QED) is 0.639. The first kappa shape index (κ1) is 24.2. The number of rotatable bonds is 7. The van der Waals surface area contributed by atoms with Crippen molar-refractivity contribution >= 4 is 21.7 Å². The summed E-state index contributed by atoms with van der Waals surface area (Å²) >= 11 is 0. The molecule has 0 aliphatic carbocycles. The lowest BCUT2D eigenvalue weighted by atomic mass is 10.0. The standard InChI is InChI=1S/C24H33N3O4S/c1-6-7-21-22(18(5)28)17(4)25-23(21)24(29)26-12-14-27(15-13-26)32(30,31)20-10-8-19(9-11-20)16(2)3/h8-11,16,25H,6-7,12-15H2,1-5H3. The Bertz CT molecular complexity index is 1090. The number of piperazine rings is 1. The zero-order valence-electron chi connectivity index (χ0n) is 19.6. The van der Waals surface area contributed by atoms with E-state index in [1.54, 1.807) is 17.0 Å². The molecule has 0 radical (unpaired) electrons. The predicted octanol–water partition coefficient (Wildman–Crippen LogP) is 3.75. The Kier molecular flexibility index (Phi) is 7.25. The molecule has 1 aromatic heterocycles. The number of benzene rings is 1. The van der Waals surface area contributed by atoms with E-state index in [9.17, 15) is 18.0 Å². The number of ketones is 1. The molecule has 0 bridgehead atoms. The highest BCUT2D eigenvalue weighted by Crippen LogP contribution is 2.25. The molecule has 8 heteroatoms. The SMILES string of the molecule is CCCc1c(C(=O)N2CCN(S(=O)(=O)c3ccc(C(C)C)cc3)CC2)[nH]c(C)c1C(C)=O. The van der Waals surface area contributed by atoms with Crippen LogP contribution in [0.2, 0.25) is 0 Å². The van der Waals surface area contributed by atoms with Gasteiger partial charge in [-0.05, 0) is 49.4 Å². The van der Waals surface area contributed by atoms with Gasteiger partial charge in [-0.25, -0.2) is 8.42 Å². The first-order valence-corrected chi connectivity index (χ1v) is 12.6. The third-order valence-corrected chi connectivity index (χ3v) is 7.98. The Labute approximate surface area is 190 Å². The Morgan fingerprint density at radius 3 is 2.16 bits per heavy atom. The number of Topliss-reactive ketones (excluding diaryl/α,β-unsaturated/α-hetero) is 1. The maximum atomic E-state index is 13.2. The number of carbonyl (C=O) groups excluding carboxylic acids is 2. The summed E-state index contributed by atoms with van der Waals surface area (Å²) in [7, 11) is -3.61. The van der Waals surface area contributed by atoms with Crippen molar-refractivity contribution in [3.63, 3.8) is 0 Å². The molecular weight excluding hydrogens is 426 g/mol. The van der Waals surface area contributed by atoms with Crippen LogP contribution in [0.3, 0.4) is 0 Å². The molecule has 1 fully saturated rings. The number of aryl methyl sites for hydroxylation is 1. The van der Waals surface area contributed by atoms with Crippen molar-refractivity contribution in [3.8, 4) is 0 Å². The van der Waals surface area contributed by atoms with Crippen LogP contribution in [0.4, 0.5) is 0 Å². The molecule has 1 aliphatic rings. The average Bonchev–Trinajstić information content (AvgIpc) is 3.09. The molecule has 7 nitrogen and oxygen atoms in total. The molecule has 1 amide bonds. The van der Waals surface area contributed by atoms with Gasteiger partial charge in [0, 0.05) is 37.4 Å². The molecule has 0 atom stereocenters. The van der Waals surface area contributed by atoms with E-state index in [4.69, 9.17) is 0 Å². The summed E-state index contributed by atoms with van der Waals surface area (Å²) in [5, 5.41) is 0. The van der Waals surface area contributed by atoms with E-state index in [2.05, 4.69) is 18.8 Å². The Morgan fingerprint density at radius 2 is 1.66 bits per heavy atom. The summed E-state index contributed by atoms with van der Waals surface area (Å²) in [4.78, 5) is 30.4. The van der Waals surface area contributed by atoms with E-state index in [0.717, 1.165) is 17.5 Å². The number of aromatic amines is 1. The summed E-state index contributed by atoms with van der Waals surface area (Å²) in [6, 6.07) is 7.02. The second-order valence-corrected chi connectivity index (χ2v) is 10.6. The van der Waals surface area contributed by atoms with Gasteiger partial charge in [-0.2, -0.15) is 4.31 Å². The average molecular weight is 460 g/mol. The minimum Gasteiger partial charge on any atom is -0.354 e. The number of H-pyrrole nitrogens is 1. The molecular formula is C24H33N3O4S. The van der Waals surface area contributed by atoms with E-state index in [-0.39, 0.29) is 29.7 Å². The minimum absolute atomic E-state index is 0.0550. The van der Waals surface area contributed by atoms with Gasteiger partial charge >= 0.3 is 0 Å². The van der Waals surface area contributed by atoms with Crippen LogP contribution >= 0.6 is 0 Å². The number of sulfonamides is 1. The molecule has 1 aromatic carbocycles. The molecule has 0 saturated carbocycles. The Hall–Kier alpha value is -2.45. The van der Waals surface area contributed by atoms with Gasteiger partial charge < -0.3 is 9.88 Å². The maximum Gasteiger partial charge on any atom is 0.270 e. The highest BCUT2D eigenvalue weighted by molar-refractivity contribution is 7.89. The van der Waals surface area contributed by atoms with Crippen molar-refractivity contribution in [2.75, 3.05) is 26.2 Å². The molecule has 0 spiro atoms. The van der Waals surface area contributed by atoms with E-state index in [1.165, 1.54) is 11.2 Å². The molecule has 2 aromatic rings. The molecule has 2 heterocycles. The molecule has 1 N–H and O–H groups in total. The molecule has 32 heavy (non-hydrogen) atoms. The topological polar surface area (TPSA) is 90.6 Å². The van der Waals surface area contributed by atoms with Gasteiger partial charge in [-0.15, -0.1) is 0 Å². The molecule has 0 unspecified atom stereocenters. The van der Waals surface area contributed by atoms with E-state index < -0.39 is 10.0 Å². The number of amides is 1. The van der Waals surface area contributed by atoms with E-state index in [0.29, 0.717) is 42.4 Å². The van der Waals surface area contributed by atoms with Crippen LogP contribution in [0.15, 0.2) is 29.2 Å². The predicted molar refractivity (Wildman–Crippen MR) is 125 cm³/mol. The summed E-state index contributed by atoms with van der Waals surface area (Å²) < 4.78 is 27.6. The van der Waals surface area contributed by atoms with Crippen molar-refractivity contribution in [2.24, 2.45) is 0 Å². The lowest BCUT2D eigenvalue weighted by Gasteiger charge is -2.34. The van der Waals surface area contributed by atoms with Crippen LogP contribution in [0.25, 0.3) is 0 Å². The largest absolute Gasteiger partial charge is 0.354 e. The molecule has 1 saturated heterocycles. The third kappa shape index (κ3) is 4.66. The van der Waals surface area contributed by atoms with Crippen LogP contribution in [-0.2, 0) is 16.4 Å². The van der Waals surface area contributed by atoms with Crippen molar-refractivity contribution in [3.05, 3.63) is 52.3 Å². The summed E-state index contributed by atoms with van der Waals surface area (Å²) in [6.07, 6.45) is 1.46. The van der Waals surface area contributed by atoms with Gasteiger partial charge in [0.1, 0.15) is 5.69 Å². The molecule has 3 rings (SSSR count). The van der Waals surface area contributed by atoms with Crippen LogP contribution in [0.5, 0.6) is 0 Å². The zero-order valence-corrected chi connectivity index (χ0v) is 20.4. The fraction of sp³-hybridized carbons (Fsp3) is 0.500. The van der Waals surface area contributed by atoms with Gasteiger partial charge in [-0.1, -0.05) is 39.3 Å². The monoisotopic (exact) mass is 459 g/mol. The number of nitrogens with zero attached hydrogens (tertiary/aromatic N) is 2. The van der Waals surface area contributed by atoms with Crippen molar-refractivity contribution in [2.45, 2.75) is 58.3 Å². The lowest BCUT2D eigenvalue weighted by molar-refractivity contribution is 0.0691. The summed E-state index contributed by atoms with van der Waals surface area (Å²) in [6.45, 7) is 10.6. The fourth-order valence-electron chi connectivity index (χ4n) is 4.30. The van der Waals surface area contributed by atoms with Crippen molar-refractivity contribution in [1.82, 2.24) is 14.2 Å². The number of hydrogen-bond donors (Lipinski definition) is 1. The van der Waals surface area contributed by atoms with Crippen LogP contribution in [-0.4, -0.2) is 60.5 Å². The first-order valence-electron chi connectivity index (χ1n) is 11.2. The van der Waals surface area contributed by atoms with Gasteiger partial charge in [0.15, 0.2) is 5.78 Å². The Balaban J connectivity index is 1.75. The van der Waals surface area contributed by atoms with Crippen molar-refractivity contribution in [1.29, 1.82) is 0 Å². The molecule has 174 valence electrons. The lowest BCUT2D eigenvalue weighted by Crippen LogP contribution is -2.50. The van der Waals surface area contributed by atoms with E-state index in [1.807, 2.05) is 26.0 Å². The second kappa shape index (κ2) is 9.58. The number of carbonyl (C=O) groups is 2.